The Balaban J connectivity index is 3.18. The van der Waals surface area contributed by atoms with Crippen LogP contribution >= 0.6 is 0 Å². The van der Waals surface area contributed by atoms with Crippen LogP contribution in [-0.2, 0) is 0 Å². The summed E-state index contributed by atoms with van der Waals surface area (Å²) in [5.41, 5.74) is 0.213. The van der Waals surface area contributed by atoms with Crippen LogP contribution < -0.4 is 10.2 Å². The van der Waals surface area contributed by atoms with Gasteiger partial charge in [0, 0.05) is 17.7 Å². The van der Waals surface area contributed by atoms with Crippen molar-refractivity contribution in [1.82, 2.24) is 4.98 Å². The van der Waals surface area contributed by atoms with Crippen molar-refractivity contribution in [3.63, 3.8) is 0 Å². The number of methoxy groups -OCH3 is 1. The summed E-state index contributed by atoms with van der Waals surface area (Å²) in [6.07, 6.45) is 1.20. The molecule has 0 saturated heterocycles. The second kappa shape index (κ2) is 3.89. The summed E-state index contributed by atoms with van der Waals surface area (Å²) in [7, 11) is -0.272. The molecule has 0 spiro atoms. The van der Waals surface area contributed by atoms with Gasteiger partial charge in [0.15, 0.2) is 0 Å². The highest BCUT2D eigenvalue weighted by atomic mass is 16.5. The van der Waals surface area contributed by atoms with Gasteiger partial charge in [-0.2, -0.15) is 5.26 Å². The summed E-state index contributed by atoms with van der Waals surface area (Å²) in [4.78, 5) is 3.73. The standard InChI is InChI=1S/C7H7BN2O3/c1-13-7-2-5(3-9)6(4-10-7)8(11)12/h2,4,11-12H,1H3. The quantitative estimate of drug-likeness (QED) is 0.546. The Morgan fingerprint density at radius 1 is 1.62 bits per heavy atom. The number of ether oxygens (including phenoxy) is 1. The highest BCUT2D eigenvalue weighted by Crippen LogP contribution is 2.05. The molecule has 1 aromatic rings. The van der Waals surface area contributed by atoms with Gasteiger partial charge < -0.3 is 14.8 Å². The Morgan fingerprint density at radius 2 is 2.31 bits per heavy atom. The van der Waals surface area contributed by atoms with Gasteiger partial charge in [0.05, 0.1) is 18.7 Å². The molecular weight excluding hydrogens is 171 g/mol. The molecule has 0 atom stereocenters. The first-order valence-electron chi connectivity index (χ1n) is 3.49. The van der Waals surface area contributed by atoms with Crippen molar-refractivity contribution in [1.29, 1.82) is 5.26 Å². The van der Waals surface area contributed by atoms with Crippen LogP contribution in [0.3, 0.4) is 0 Å². The van der Waals surface area contributed by atoms with E-state index in [2.05, 4.69) is 4.98 Å². The van der Waals surface area contributed by atoms with Gasteiger partial charge in [0.1, 0.15) is 0 Å². The van der Waals surface area contributed by atoms with Gasteiger partial charge in [0.25, 0.3) is 0 Å². The Hall–Kier alpha value is -1.58. The van der Waals surface area contributed by atoms with Crippen LogP contribution in [0.15, 0.2) is 12.3 Å². The first-order chi connectivity index (χ1) is 6.19. The fourth-order valence-corrected chi connectivity index (χ4v) is 0.861. The van der Waals surface area contributed by atoms with Gasteiger partial charge in [-0.15, -0.1) is 0 Å². The molecular formula is C7H7BN2O3. The third kappa shape index (κ3) is 1.96. The molecule has 2 N–H and O–H groups in total. The van der Waals surface area contributed by atoms with E-state index in [0.717, 1.165) is 0 Å². The molecule has 0 unspecified atom stereocenters. The van der Waals surface area contributed by atoms with E-state index in [1.54, 1.807) is 0 Å². The molecule has 0 aliphatic rings. The Bertz CT molecular complexity index is 348. The molecule has 1 heterocycles. The third-order valence-electron chi connectivity index (χ3n) is 1.52. The number of nitriles is 1. The summed E-state index contributed by atoms with van der Waals surface area (Å²) in [5, 5.41) is 26.3. The second-order valence-corrected chi connectivity index (χ2v) is 2.30. The zero-order valence-electron chi connectivity index (χ0n) is 6.93. The van der Waals surface area contributed by atoms with Crippen molar-refractivity contribution >= 4 is 12.6 Å². The first kappa shape index (κ1) is 9.51. The molecule has 0 saturated carbocycles. The third-order valence-corrected chi connectivity index (χ3v) is 1.52. The number of hydrogen-bond donors (Lipinski definition) is 2. The van der Waals surface area contributed by atoms with Crippen molar-refractivity contribution in [2.45, 2.75) is 0 Å². The van der Waals surface area contributed by atoms with Crippen molar-refractivity contribution < 1.29 is 14.8 Å². The normalized spacial score (nSPS) is 9.08. The molecule has 6 heteroatoms. The van der Waals surface area contributed by atoms with Crippen LogP contribution in [-0.4, -0.2) is 29.3 Å². The molecule has 0 radical (unpaired) electrons. The first-order valence-corrected chi connectivity index (χ1v) is 3.49. The van der Waals surface area contributed by atoms with Crippen molar-refractivity contribution in [2.24, 2.45) is 0 Å². The van der Waals surface area contributed by atoms with Gasteiger partial charge >= 0.3 is 7.12 Å². The molecule has 0 bridgehead atoms. The number of rotatable bonds is 2. The maximum absolute atomic E-state index is 8.82. The molecule has 0 aromatic carbocycles. The van der Waals surface area contributed by atoms with Crippen LogP contribution in [0.1, 0.15) is 5.56 Å². The Morgan fingerprint density at radius 3 is 2.77 bits per heavy atom. The lowest BCUT2D eigenvalue weighted by Crippen LogP contribution is -2.32. The number of aromatic nitrogens is 1. The number of hydrogen-bond acceptors (Lipinski definition) is 5. The van der Waals surface area contributed by atoms with E-state index in [-0.39, 0.29) is 16.9 Å². The monoisotopic (exact) mass is 178 g/mol. The number of nitrogens with zero attached hydrogens (tertiary/aromatic N) is 2. The second-order valence-electron chi connectivity index (χ2n) is 2.30. The lowest BCUT2D eigenvalue weighted by molar-refractivity contribution is 0.397. The minimum atomic E-state index is -1.69. The van der Waals surface area contributed by atoms with Gasteiger partial charge in [-0.1, -0.05) is 0 Å². The van der Waals surface area contributed by atoms with Crippen molar-refractivity contribution in [3.8, 4) is 11.9 Å². The van der Waals surface area contributed by atoms with Gasteiger partial charge in [0.2, 0.25) is 5.88 Å². The number of pyridine rings is 1. The molecule has 13 heavy (non-hydrogen) atoms. The predicted octanol–water partition coefficient (Wildman–Crippen LogP) is -1.36. The molecule has 1 rings (SSSR count). The molecule has 0 aliphatic heterocycles. The van der Waals surface area contributed by atoms with E-state index in [4.69, 9.17) is 20.0 Å². The van der Waals surface area contributed by atoms with E-state index in [1.807, 2.05) is 6.07 Å². The van der Waals surface area contributed by atoms with Crippen LogP contribution in [0.2, 0.25) is 0 Å². The molecule has 0 aliphatic carbocycles. The summed E-state index contributed by atoms with van der Waals surface area (Å²) in [5.74, 6) is 0.265. The van der Waals surface area contributed by atoms with Gasteiger partial charge in [-0.3, -0.25) is 0 Å². The summed E-state index contributed by atoms with van der Waals surface area (Å²) in [6, 6.07) is 3.15. The van der Waals surface area contributed by atoms with Crippen LogP contribution in [0, 0.1) is 11.3 Å². The highest BCUT2D eigenvalue weighted by molar-refractivity contribution is 6.59. The lowest BCUT2D eigenvalue weighted by atomic mass is 9.78. The zero-order valence-corrected chi connectivity index (χ0v) is 6.93. The lowest BCUT2D eigenvalue weighted by Gasteiger charge is -2.03. The fourth-order valence-electron chi connectivity index (χ4n) is 0.861. The van der Waals surface area contributed by atoms with Gasteiger partial charge in [-0.05, 0) is 0 Å². The van der Waals surface area contributed by atoms with Gasteiger partial charge in [-0.25, -0.2) is 4.98 Å². The molecule has 66 valence electrons. The summed E-state index contributed by atoms with van der Waals surface area (Å²) < 4.78 is 4.77. The SMILES string of the molecule is COc1cc(C#N)c(B(O)O)cn1. The molecule has 5 nitrogen and oxygen atoms in total. The Kier molecular flexibility index (Phi) is 2.85. The molecule has 0 fully saturated rings. The van der Waals surface area contributed by atoms with E-state index in [0.29, 0.717) is 0 Å². The molecule has 0 amide bonds. The maximum atomic E-state index is 8.82. The molecule has 1 aromatic heterocycles. The minimum Gasteiger partial charge on any atom is -0.481 e. The average Bonchev–Trinajstić information content (AvgIpc) is 2.16. The highest BCUT2D eigenvalue weighted by Gasteiger charge is 2.17. The summed E-state index contributed by atoms with van der Waals surface area (Å²) >= 11 is 0. The zero-order chi connectivity index (χ0) is 9.84. The maximum Gasteiger partial charge on any atom is 0.491 e. The van der Waals surface area contributed by atoms with E-state index in [1.165, 1.54) is 19.4 Å². The van der Waals surface area contributed by atoms with E-state index < -0.39 is 7.12 Å². The van der Waals surface area contributed by atoms with Crippen LogP contribution in [0.4, 0.5) is 0 Å². The average molecular weight is 178 g/mol. The van der Waals surface area contributed by atoms with Crippen LogP contribution in [0.5, 0.6) is 5.88 Å². The summed E-state index contributed by atoms with van der Waals surface area (Å²) in [6.45, 7) is 0. The van der Waals surface area contributed by atoms with E-state index in [9.17, 15) is 0 Å². The smallest absolute Gasteiger partial charge is 0.481 e. The topological polar surface area (TPSA) is 86.4 Å². The fraction of sp³-hybridized carbons (Fsp3) is 0.143. The van der Waals surface area contributed by atoms with Crippen molar-refractivity contribution in [3.05, 3.63) is 17.8 Å². The minimum absolute atomic E-state index is 0.0725. The predicted molar refractivity (Wildman–Crippen MR) is 45.3 cm³/mol. The van der Waals surface area contributed by atoms with Crippen LogP contribution in [0.25, 0.3) is 0 Å². The largest absolute Gasteiger partial charge is 0.491 e. The van der Waals surface area contributed by atoms with Crippen molar-refractivity contribution in [2.75, 3.05) is 7.11 Å². The van der Waals surface area contributed by atoms with E-state index >= 15 is 0 Å². The Labute approximate surface area is 75.4 Å².